The Hall–Kier alpha value is -0.680. The average molecular weight is 620 g/mol. The van der Waals surface area contributed by atoms with Crippen LogP contribution in [-0.2, 0) is 18.4 Å². The van der Waals surface area contributed by atoms with Crippen LogP contribution in [-0.4, -0.2) is 43.0 Å². The van der Waals surface area contributed by atoms with Gasteiger partial charge in [-0.05, 0) is 136 Å². The molecule has 43 heavy (non-hydrogen) atoms. The highest BCUT2D eigenvalue weighted by atomic mass is 31.2. The molecule has 0 aromatic carbocycles. The van der Waals surface area contributed by atoms with Gasteiger partial charge in [0.2, 0.25) is 5.91 Å². The normalized spacial score (nSPS) is 45.3. The molecule has 5 fully saturated rings. The molecule has 0 aliphatic heterocycles. The summed E-state index contributed by atoms with van der Waals surface area (Å²) in [7, 11) is -3.18. The van der Waals surface area contributed by atoms with Crippen LogP contribution in [0.3, 0.4) is 0 Å². The highest BCUT2D eigenvalue weighted by Gasteiger charge is 2.69. The van der Waals surface area contributed by atoms with Crippen molar-refractivity contribution < 1.29 is 23.5 Å². The van der Waals surface area contributed by atoms with Crippen LogP contribution >= 0.6 is 7.60 Å². The number of hydrogen-bond donors (Lipinski definition) is 2. The Bertz CT molecular complexity index is 1110. The average Bonchev–Trinajstić information content (AvgIpc) is 3.32. The van der Waals surface area contributed by atoms with E-state index in [0.29, 0.717) is 55.3 Å². The lowest BCUT2D eigenvalue weighted by Gasteiger charge is -2.72. The van der Waals surface area contributed by atoms with Gasteiger partial charge in [-0.15, -0.1) is 0 Å². The van der Waals surface area contributed by atoms with Gasteiger partial charge in [-0.3, -0.25) is 9.36 Å². The summed E-state index contributed by atoms with van der Waals surface area (Å²) in [5, 5.41) is 14.2. The highest BCUT2D eigenvalue weighted by Crippen LogP contribution is 2.76. The molecule has 1 unspecified atom stereocenters. The summed E-state index contributed by atoms with van der Waals surface area (Å²) >= 11 is 0. The number of hydrogen-bond acceptors (Lipinski definition) is 5. The molecule has 246 valence electrons. The van der Waals surface area contributed by atoms with Crippen molar-refractivity contribution in [2.75, 3.05) is 25.9 Å². The summed E-state index contributed by atoms with van der Waals surface area (Å²) in [5.41, 5.74) is 1.99. The zero-order chi connectivity index (χ0) is 31.6. The molecule has 0 saturated heterocycles. The molecule has 5 saturated carbocycles. The number of carbonyl (C=O) groups is 1. The molecular formula is C36H62NO5P. The van der Waals surface area contributed by atoms with Gasteiger partial charge >= 0.3 is 7.60 Å². The number of allylic oxidation sites excluding steroid dienone is 1. The SMILES string of the molecule is C=C(C)[C@@H]1C[C@@H](C(=O)NCCP(=O)(OCC)OCC)C2CC[C@]3(C)[C@H](CC[C@@H]4[C@@]5(C)CC[C@H](O)C(C)(C)[C@@H]5CC[C@]43C)[C@H]21. The third-order valence-corrected chi connectivity index (χ3v) is 16.7. The van der Waals surface area contributed by atoms with Gasteiger partial charge in [0.05, 0.1) is 25.5 Å². The number of amides is 1. The number of rotatable bonds is 9. The smallest absolute Gasteiger partial charge is 0.332 e. The van der Waals surface area contributed by atoms with E-state index in [1.807, 2.05) is 13.8 Å². The summed E-state index contributed by atoms with van der Waals surface area (Å²) in [6.07, 6.45) is 10.2. The van der Waals surface area contributed by atoms with Gasteiger partial charge in [0.25, 0.3) is 0 Å². The van der Waals surface area contributed by atoms with Crippen LogP contribution in [0.5, 0.6) is 0 Å². The Labute approximate surface area is 262 Å². The number of fused-ring (bicyclic) bond motifs is 7. The third kappa shape index (κ3) is 5.25. The third-order valence-electron chi connectivity index (χ3n) is 14.7. The summed E-state index contributed by atoms with van der Waals surface area (Å²) in [6.45, 7) is 23.8. The second-order valence-electron chi connectivity index (χ2n) is 16.6. The largest absolute Gasteiger partial charge is 0.393 e. The van der Waals surface area contributed by atoms with Crippen LogP contribution in [0.4, 0.5) is 0 Å². The molecule has 2 N–H and O–H groups in total. The molecule has 5 aliphatic rings. The van der Waals surface area contributed by atoms with Crippen molar-refractivity contribution in [3.63, 3.8) is 0 Å². The highest BCUT2D eigenvalue weighted by molar-refractivity contribution is 7.53. The fraction of sp³-hybridized carbons (Fsp3) is 0.917. The Morgan fingerprint density at radius 2 is 1.56 bits per heavy atom. The summed E-state index contributed by atoms with van der Waals surface area (Å²) < 4.78 is 23.9. The zero-order valence-electron chi connectivity index (χ0n) is 28.5. The summed E-state index contributed by atoms with van der Waals surface area (Å²) in [4.78, 5) is 13.8. The van der Waals surface area contributed by atoms with E-state index in [0.717, 1.165) is 25.7 Å². The predicted octanol–water partition coefficient (Wildman–Crippen LogP) is 8.24. The van der Waals surface area contributed by atoms with E-state index in [2.05, 4.69) is 53.4 Å². The fourth-order valence-electron chi connectivity index (χ4n) is 12.5. The van der Waals surface area contributed by atoms with Gasteiger partial charge in [0.15, 0.2) is 0 Å². The van der Waals surface area contributed by atoms with Gasteiger partial charge in [-0.25, -0.2) is 0 Å². The first-order valence-corrected chi connectivity index (χ1v) is 19.3. The molecule has 0 aromatic rings. The fourth-order valence-corrected chi connectivity index (χ4v) is 14.0. The van der Waals surface area contributed by atoms with Crippen LogP contribution in [0, 0.1) is 63.1 Å². The first kappa shape index (κ1) is 33.7. The molecule has 0 aromatic heterocycles. The number of aliphatic hydroxyl groups is 1. The van der Waals surface area contributed by atoms with Crippen LogP contribution in [0.1, 0.15) is 113 Å². The lowest BCUT2D eigenvalue weighted by Crippen LogP contribution is -2.66. The van der Waals surface area contributed by atoms with Gasteiger partial charge < -0.3 is 19.5 Å². The summed E-state index contributed by atoms with van der Waals surface area (Å²) in [5.74, 6) is 3.19. The molecule has 0 radical (unpaired) electrons. The minimum atomic E-state index is -3.18. The number of carbonyl (C=O) groups excluding carboxylic acids is 1. The van der Waals surface area contributed by atoms with Crippen LogP contribution in [0.2, 0.25) is 0 Å². The first-order chi connectivity index (χ1) is 20.1. The maximum absolute atomic E-state index is 13.8. The molecular weight excluding hydrogens is 557 g/mol. The molecule has 0 heterocycles. The lowest BCUT2D eigenvalue weighted by molar-refractivity contribution is -0.241. The molecule has 0 spiro atoms. The predicted molar refractivity (Wildman–Crippen MR) is 174 cm³/mol. The van der Waals surface area contributed by atoms with Gasteiger partial charge in [0, 0.05) is 12.5 Å². The minimum Gasteiger partial charge on any atom is -0.393 e. The van der Waals surface area contributed by atoms with Crippen molar-refractivity contribution in [1.29, 1.82) is 0 Å². The van der Waals surface area contributed by atoms with Crippen molar-refractivity contribution >= 4 is 13.5 Å². The Morgan fingerprint density at radius 1 is 0.907 bits per heavy atom. The zero-order valence-corrected chi connectivity index (χ0v) is 29.4. The quantitative estimate of drug-likeness (QED) is 0.201. The maximum Gasteiger partial charge on any atom is 0.332 e. The molecule has 11 atom stereocenters. The standard InChI is InChI=1S/C36H62NO5P/c1-10-41-43(40,42-11-2)21-20-37-32(39)26-22-25(23(3)4)31-24(26)14-18-35(8)27(31)12-13-29-34(7)17-16-30(38)33(5,6)28(34)15-19-36(29,35)9/h24-31,38H,3,10-22H2,1-2,4-9H3,(H,37,39)/t24?,25-,26+,27+,28-,29+,30-,31+,34-,35+,36+/m0/s1. The minimum absolute atomic E-state index is 0.0192. The molecule has 1 amide bonds. The van der Waals surface area contributed by atoms with Gasteiger partial charge in [-0.1, -0.05) is 46.8 Å². The van der Waals surface area contributed by atoms with E-state index in [1.54, 1.807) is 0 Å². The Balaban J connectivity index is 1.36. The molecule has 7 heteroatoms. The lowest BCUT2D eigenvalue weighted by atomic mass is 9.33. The number of nitrogens with one attached hydrogen (secondary N) is 1. The van der Waals surface area contributed by atoms with Crippen molar-refractivity contribution in [2.45, 2.75) is 119 Å². The van der Waals surface area contributed by atoms with E-state index in [9.17, 15) is 14.5 Å². The van der Waals surface area contributed by atoms with Crippen LogP contribution in [0.15, 0.2) is 12.2 Å². The van der Waals surface area contributed by atoms with Crippen molar-refractivity contribution in [2.24, 2.45) is 63.1 Å². The Morgan fingerprint density at radius 3 is 2.19 bits per heavy atom. The molecule has 6 nitrogen and oxygen atoms in total. The van der Waals surface area contributed by atoms with Crippen molar-refractivity contribution in [1.82, 2.24) is 5.32 Å². The van der Waals surface area contributed by atoms with E-state index in [1.165, 1.54) is 37.7 Å². The van der Waals surface area contributed by atoms with E-state index in [4.69, 9.17) is 9.05 Å². The van der Waals surface area contributed by atoms with Gasteiger partial charge in [-0.2, -0.15) is 0 Å². The van der Waals surface area contributed by atoms with E-state index in [-0.39, 0.29) is 45.8 Å². The topological polar surface area (TPSA) is 84.9 Å². The maximum atomic E-state index is 13.8. The first-order valence-electron chi connectivity index (χ1n) is 17.6. The second kappa shape index (κ2) is 11.8. The number of aliphatic hydroxyl groups excluding tert-OH is 1. The van der Waals surface area contributed by atoms with Crippen molar-refractivity contribution in [3.05, 3.63) is 12.2 Å². The van der Waals surface area contributed by atoms with E-state index >= 15 is 0 Å². The van der Waals surface area contributed by atoms with Crippen LogP contribution in [0.25, 0.3) is 0 Å². The van der Waals surface area contributed by atoms with Crippen molar-refractivity contribution in [3.8, 4) is 0 Å². The second-order valence-corrected chi connectivity index (χ2v) is 18.8. The molecule has 5 aliphatic carbocycles. The molecule has 0 bridgehead atoms. The van der Waals surface area contributed by atoms with Gasteiger partial charge in [0.1, 0.15) is 0 Å². The van der Waals surface area contributed by atoms with Crippen LogP contribution < -0.4 is 5.32 Å². The summed E-state index contributed by atoms with van der Waals surface area (Å²) in [6, 6.07) is 0. The monoisotopic (exact) mass is 619 g/mol. The van der Waals surface area contributed by atoms with E-state index < -0.39 is 7.60 Å². The Kier molecular flexibility index (Phi) is 9.27. The molecule has 5 rings (SSSR count).